The van der Waals surface area contributed by atoms with Crippen LogP contribution in [0.3, 0.4) is 0 Å². The highest BCUT2D eigenvalue weighted by atomic mass is 16.1. The van der Waals surface area contributed by atoms with Crippen molar-refractivity contribution >= 4 is 11.6 Å². The summed E-state index contributed by atoms with van der Waals surface area (Å²) >= 11 is 0. The molecule has 0 aliphatic rings. The van der Waals surface area contributed by atoms with Gasteiger partial charge in [-0.25, -0.2) is 9.97 Å². The van der Waals surface area contributed by atoms with Gasteiger partial charge in [-0.2, -0.15) is 0 Å². The van der Waals surface area contributed by atoms with Crippen LogP contribution in [0.4, 0.5) is 0 Å². The van der Waals surface area contributed by atoms with E-state index in [-0.39, 0.29) is 23.0 Å². The van der Waals surface area contributed by atoms with Crippen LogP contribution in [0.2, 0.25) is 0 Å². The third-order valence-corrected chi connectivity index (χ3v) is 3.48. The third kappa shape index (κ3) is 3.85. The van der Waals surface area contributed by atoms with Crippen LogP contribution < -0.4 is 0 Å². The average molecular weight is 296 g/mol. The first-order valence-corrected chi connectivity index (χ1v) is 7.51. The lowest BCUT2D eigenvalue weighted by Gasteiger charge is -2.06. The summed E-state index contributed by atoms with van der Waals surface area (Å²) in [5, 5.41) is 0. The Morgan fingerprint density at radius 1 is 0.955 bits per heavy atom. The molecular weight excluding hydrogens is 276 g/mol. The molecule has 22 heavy (non-hydrogen) atoms. The number of nitrogens with zero attached hydrogens (tertiary/aromatic N) is 2. The maximum Gasteiger partial charge on any atom is 0.178 e. The fourth-order valence-corrected chi connectivity index (χ4v) is 2.14. The summed E-state index contributed by atoms with van der Waals surface area (Å²) in [6.07, 6.45) is 3.36. The van der Waals surface area contributed by atoms with Crippen molar-refractivity contribution in [3.63, 3.8) is 0 Å². The second-order valence-electron chi connectivity index (χ2n) is 5.37. The summed E-state index contributed by atoms with van der Waals surface area (Å²) in [5.41, 5.74) is 2.61. The summed E-state index contributed by atoms with van der Waals surface area (Å²) in [5.74, 6) is 0.0661. The summed E-state index contributed by atoms with van der Waals surface area (Å²) in [6.45, 7) is 5.03. The van der Waals surface area contributed by atoms with Gasteiger partial charge in [-0.3, -0.25) is 9.59 Å². The predicted octanol–water partition coefficient (Wildman–Crippen LogP) is 3.89. The van der Waals surface area contributed by atoms with Gasteiger partial charge in [0.25, 0.3) is 0 Å². The Bertz CT molecular complexity index is 658. The molecule has 0 aliphatic heterocycles. The van der Waals surface area contributed by atoms with Crippen LogP contribution in [0, 0.1) is 0 Å². The van der Waals surface area contributed by atoms with Gasteiger partial charge in [-0.15, -0.1) is 0 Å². The van der Waals surface area contributed by atoms with Gasteiger partial charge in [0.1, 0.15) is 11.4 Å². The van der Waals surface area contributed by atoms with Crippen LogP contribution in [0.1, 0.15) is 60.2 Å². The molecule has 0 atom stereocenters. The van der Waals surface area contributed by atoms with Crippen LogP contribution in [0.15, 0.2) is 30.3 Å². The molecule has 1 heterocycles. The van der Waals surface area contributed by atoms with Gasteiger partial charge < -0.3 is 0 Å². The van der Waals surface area contributed by atoms with E-state index in [0.29, 0.717) is 5.82 Å². The minimum absolute atomic E-state index is 0.175. The maximum absolute atomic E-state index is 11.6. The van der Waals surface area contributed by atoms with E-state index in [4.69, 9.17) is 0 Å². The number of rotatable bonds is 6. The van der Waals surface area contributed by atoms with Gasteiger partial charge in [-0.1, -0.05) is 37.6 Å². The Balaban J connectivity index is 2.38. The third-order valence-electron chi connectivity index (χ3n) is 3.48. The van der Waals surface area contributed by atoms with Crippen molar-refractivity contribution in [3.8, 4) is 11.4 Å². The van der Waals surface area contributed by atoms with E-state index in [2.05, 4.69) is 16.9 Å². The number of benzene rings is 1. The van der Waals surface area contributed by atoms with Gasteiger partial charge >= 0.3 is 0 Å². The Hall–Kier alpha value is -2.36. The molecule has 0 radical (unpaired) electrons. The lowest BCUT2D eigenvalue weighted by Crippen LogP contribution is -2.06. The van der Waals surface area contributed by atoms with E-state index in [1.54, 1.807) is 0 Å². The Labute approximate surface area is 130 Å². The monoisotopic (exact) mass is 296 g/mol. The molecule has 0 saturated heterocycles. The number of carbonyl (C=O) groups excluding carboxylic acids is 2. The van der Waals surface area contributed by atoms with Crippen molar-refractivity contribution < 1.29 is 9.59 Å². The van der Waals surface area contributed by atoms with Crippen molar-refractivity contribution in [2.45, 2.75) is 40.0 Å². The van der Waals surface area contributed by atoms with Crippen LogP contribution in [0.5, 0.6) is 0 Å². The maximum atomic E-state index is 11.6. The van der Waals surface area contributed by atoms with Crippen LogP contribution in [-0.4, -0.2) is 21.5 Å². The quantitative estimate of drug-likeness (QED) is 0.759. The topological polar surface area (TPSA) is 59.9 Å². The molecule has 0 amide bonds. The molecule has 0 aliphatic carbocycles. The highest BCUT2D eigenvalue weighted by molar-refractivity contribution is 5.97. The second-order valence-corrected chi connectivity index (χ2v) is 5.37. The Kier molecular flexibility index (Phi) is 5.15. The highest BCUT2D eigenvalue weighted by Gasteiger charge is 2.12. The molecule has 2 aromatic rings. The van der Waals surface area contributed by atoms with Crippen molar-refractivity contribution in [1.29, 1.82) is 0 Å². The zero-order valence-electron chi connectivity index (χ0n) is 13.2. The van der Waals surface area contributed by atoms with Crippen LogP contribution in [0.25, 0.3) is 11.4 Å². The van der Waals surface area contributed by atoms with Gasteiger partial charge in [-0.05, 0) is 24.5 Å². The number of hydrogen-bond donors (Lipinski definition) is 0. The molecular formula is C18H20N2O2. The minimum atomic E-state index is -0.175. The molecule has 1 aromatic heterocycles. The number of Topliss-reactive ketones (excluding diaryl/α,β-unsaturated/α-hetero) is 2. The van der Waals surface area contributed by atoms with E-state index in [1.807, 2.05) is 24.3 Å². The molecule has 0 fully saturated rings. The second kappa shape index (κ2) is 7.07. The lowest BCUT2D eigenvalue weighted by molar-refractivity contribution is 0.101. The van der Waals surface area contributed by atoms with E-state index >= 15 is 0 Å². The fourth-order valence-electron chi connectivity index (χ4n) is 2.14. The largest absolute Gasteiger partial charge is 0.293 e. The molecule has 114 valence electrons. The first-order valence-electron chi connectivity index (χ1n) is 7.51. The smallest absolute Gasteiger partial charge is 0.178 e. The number of hydrogen-bond acceptors (Lipinski definition) is 4. The van der Waals surface area contributed by atoms with Crippen LogP contribution in [-0.2, 0) is 6.42 Å². The fraction of sp³-hybridized carbons (Fsp3) is 0.333. The highest BCUT2D eigenvalue weighted by Crippen LogP contribution is 2.18. The molecule has 4 nitrogen and oxygen atoms in total. The molecule has 0 saturated carbocycles. The number of aryl methyl sites for hydroxylation is 1. The molecule has 1 aromatic carbocycles. The van der Waals surface area contributed by atoms with Crippen molar-refractivity contribution in [1.82, 2.24) is 9.97 Å². The number of unbranched alkanes of at least 4 members (excludes halogenated alkanes) is 1. The summed E-state index contributed by atoms with van der Waals surface area (Å²) in [7, 11) is 0. The number of aromatic nitrogens is 2. The van der Waals surface area contributed by atoms with E-state index in [0.717, 1.165) is 24.8 Å². The first kappa shape index (κ1) is 16.0. The number of carbonyl (C=O) groups is 2. The van der Waals surface area contributed by atoms with Gasteiger partial charge in [0, 0.05) is 19.4 Å². The minimum Gasteiger partial charge on any atom is -0.293 e. The normalized spacial score (nSPS) is 10.5. The standard InChI is InChI=1S/C18H20N2O2/c1-4-5-6-14-7-9-15(10-8-14)18-19-16(12(2)21)11-17(20-18)13(3)22/h7-11H,4-6H2,1-3H3. The molecule has 0 unspecified atom stereocenters. The van der Waals surface area contributed by atoms with Crippen molar-refractivity contribution in [2.24, 2.45) is 0 Å². The Morgan fingerprint density at radius 2 is 1.50 bits per heavy atom. The Morgan fingerprint density at radius 3 is 1.95 bits per heavy atom. The van der Waals surface area contributed by atoms with Crippen molar-refractivity contribution in [2.75, 3.05) is 0 Å². The average Bonchev–Trinajstić information content (AvgIpc) is 2.52. The van der Waals surface area contributed by atoms with E-state index in [1.165, 1.54) is 25.5 Å². The van der Waals surface area contributed by atoms with E-state index < -0.39 is 0 Å². The van der Waals surface area contributed by atoms with E-state index in [9.17, 15) is 9.59 Å². The van der Waals surface area contributed by atoms with Crippen LogP contribution >= 0.6 is 0 Å². The summed E-state index contributed by atoms with van der Waals surface area (Å²) in [4.78, 5) is 31.7. The molecule has 0 N–H and O–H groups in total. The van der Waals surface area contributed by atoms with Gasteiger partial charge in [0.15, 0.2) is 17.4 Å². The number of ketones is 2. The SMILES string of the molecule is CCCCc1ccc(-c2nc(C(C)=O)cc(C(C)=O)n2)cc1. The summed E-state index contributed by atoms with van der Waals surface area (Å²) < 4.78 is 0. The molecule has 0 spiro atoms. The zero-order chi connectivity index (χ0) is 16.1. The van der Waals surface area contributed by atoms with Gasteiger partial charge in [0.05, 0.1) is 0 Å². The molecule has 2 rings (SSSR count). The van der Waals surface area contributed by atoms with Crippen molar-refractivity contribution in [3.05, 3.63) is 47.3 Å². The molecule has 0 bridgehead atoms. The predicted molar refractivity (Wildman–Crippen MR) is 86.1 cm³/mol. The first-order chi connectivity index (χ1) is 10.5. The lowest BCUT2D eigenvalue weighted by atomic mass is 10.1. The zero-order valence-corrected chi connectivity index (χ0v) is 13.2. The molecule has 4 heteroatoms. The van der Waals surface area contributed by atoms with Gasteiger partial charge in [0.2, 0.25) is 0 Å². The summed E-state index contributed by atoms with van der Waals surface area (Å²) in [6, 6.07) is 9.41.